The molecule has 0 aliphatic rings. The fourth-order valence-corrected chi connectivity index (χ4v) is 3.73. The second-order valence-corrected chi connectivity index (χ2v) is 8.05. The number of carbonyl (C=O) groups excluding carboxylic acids is 1. The van der Waals surface area contributed by atoms with Crippen LogP contribution >= 0.6 is 0 Å². The summed E-state index contributed by atoms with van der Waals surface area (Å²) in [5, 5.41) is 3.46. The second-order valence-electron chi connectivity index (χ2n) is 8.05. The molecular weight excluding hydrogens is 400 g/mol. The zero-order chi connectivity index (χ0) is 22.8. The molecule has 1 N–H and O–H groups in total. The van der Waals surface area contributed by atoms with Crippen LogP contribution in [0.3, 0.4) is 0 Å². The van der Waals surface area contributed by atoms with E-state index in [1.165, 1.54) is 0 Å². The minimum Gasteiger partial charge on any atom is -0.318 e. The molecule has 0 spiro atoms. The highest BCUT2D eigenvalue weighted by molar-refractivity contribution is 5.89. The summed E-state index contributed by atoms with van der Waals surface area (Å²) in [7, 11) is 1.71. The molecule has 0 aliphatic carbocycles. The molecule has 0 fully saturated rings. The molecule has 162 valence electrons. The van der Waals surface area contributed by atoms with Crippen molar-refractivity contribution in [1.82, 2.24) is 14.5 Å². The van der Waals surface area contributed by atoms with E-state index in [1.807, 2.05) is 87.5 Å². The van der Waals surface area contributed by atoms with Gasteiger partial charge in [-0.05, 0) is 68.3 Å². The van der Waals surface area contributed by atoms with Crippen LogP contribution in [0.5, 0.6) is 0 Å². The Morgan fingerprint density at radius 3 is 2.38 bits per heavy atom. The van der Waals surface area contributed by atoms with Gasteiger partial charge in [0.15, 0.2) is 0 Å². The maximum Gasteiger partial charge on any atom is 0.322 e. The van der Waals surface area contributed by atoms with E-state index in [4.69, 9.17) is 4.98 Å². The first-order chi connectivity index (χ1) is 15.3. The first-order valence-corrected chi connectivity index (χ1v) is 10.5. The van der Waals surface area contributed by atoms with Crippen molar-refractivity contribution < 1.29 is 4.79 Å². The van der Waals surface area contributed by atoms with Gasteiger partial charge in [0.1, 0.15) is 5.82 Å². The van der Waals surface area contributed by atoms with Gasteiger partial charge in [0.2, 0.25) is 0 Å². The number of hydrogen-bond donors (Lipinski definition) is 1. The van der Waals surface area contributed by atoms with Crippen molar-refractivity contribution in [2.24, 2.45) is 0 Å². The van der Waals surface area contributed by atoms with Crippen LogP contribution in [-0.4, -0.2) is 27.5 Å². The number of para-hydroxylation sites is 1. The molecule has 4 rings (SSSR count). The van der Waals surface area contributed by atoms with Gasteiger partial charge in [-0.15, -0.1) is 0 Å². The molecule has 1 heterocycles. The number of rotatable bonds is 4. The fraction of sp³-hybridized carbons (Fsp3) is 0.192. The maximum absolute atomic E-state index is 13.5. The third-order valence-electron chi connectivity index (χ3n) is 5.61. The third kappa shape index (κ3) is 4.12. The van der Waals surface area contributed by atoms with E-state index in [2.05, 4.69) is 5.32 Å². The molecule has 2 amide bonds. The SMILES string of the molecule is Cc1cccc(NC(=O)N(C)C(C)c2nc3ccccc3c(=O)n2-c2cccc(C)c2)c1. The Morgan fingerprint density at radius 1 is 0.969 bits per heavy atom. The standard InChI is InChI=1S/C26H26N4O2/c1-17-9-7-11-20(15-17)27-26(32)29(4)19(3)24-28-23-14-6-5-13-22(23)25(31)30(24)21-12-8-10-18(2)16-21/h5-16,19H,1-4H3,(H,27,32). The monoisotopic (exact) mass is 426 g/mol. The molecule has 0 saturated heterocycles. The lowest BCUT2D eigenvalue weighted by Crippen LogP contribution is -2.37. The number of benzene rings is 3. The number of nitrogens with zero attached hydrogens (tertiary/aromatic N) is 3. The highest BCUT2D eigenvalue weighted by Crippen LogP contribution is 2.23. The van der Waals surface area contributed by atoms with E-state index in [-0.39, 0.29) is 11.6 Å². The Hall–Kier alpha value is -3.93. The first-order valence-electron chi connectivity index (χ1n) is 10.5. The van der Waals surface area contributed by atoms with Gasteiger partial charge in [-0.3, -0.25) is 9.36 Å². The minimum atomic E-state index is -0.461. The van der Waals surface area contributed by atoms with Gasteiger partial charge < -0.3 is 10.2 Å². The maximum atomic E-state index is 13.5. The normalized spacial score (nSPS) is 11.9. The number of urea groups is 1. The smallest absolute Gasteiger partial charge is 0.318 e. The lowest BCUT2D eigenvalue weighted by Gasteiger charge is -2.27. The van der Waals surface area contributed by atoms with Crippen molar-refractivity contribution >= 4 is 22.6 Å². The Kier molecular flexibility index (Phi) is 5.77. The summed E-state index contributed by atoms with van der Waals surface area (Å²) in [4.78, 5) is 32.8. The Morgan fingerprint density at radius 2 is 1.66 bits per heavy atom. The number of fused-ring (bicyclic) bond motifs is 1. The van der Waals surface area contributed by atoms with Gasteiger partial charge in [-0.1, -0.05) is 36.4 Å². The van der Waals surface area contributed by atoms with E-state index in [1.54, 1.807) is 22.6 Å². The van der Waals surface area contributed by atoms with Crippen LogP contribution in [0, 0.1) is 13.8 Å². The summed E-state index contributed by atoms with van der Waals surface area (Å²) in [6, 6.07) is 21.9. The Bertz CT molecular complexity index is 1360. The number of carbonyl (C=O) groups is 1. The number of anilines is 1. The topological polar surface area (TPSA) is 67.2 Å². The summed E-state index contributed by atoms with van der Waals surface area (Å²) in [5.41, 5.74) is 3.99. The second kappa shape index (κ2) is 8.67. The summed E-state index contributed by atoms with van der Waals surface area (Å²) < 4.78 is 1.61. The van der Waals surface area contributed by atoms with E-state index in [0.29, 0.717) is 16.7 Å². The number of nitrogens with one attached hydrogen (secondary N) is 1. The van der Waals surface area contributed by atoms with E-state index in [0.717, 1.165) is 22.5 Å². The summed E-state index contributed by atoms with van der Waals surface area (Å²) in [6.07, 6.45) is 0. The average molecular weight is 427 g/mol. The van der Waals surface area contributed by atoms with Crippen molar-refractivity contribution in [3.05, 3.63) is 100 Å². The molecular formula is C26H26N4O2. The minimum absolute atomic E-state index is 0.157. The highest BCUT2D eigenvalue weighted by Gasteiger charge is 2.24. The summed E-state index contributed by atoms with van der Waals surface area (Å²) in [5.74, 6) is 0.501. The zero-order valence-electron chi connectivity index (χ0n) is 18.7. The Labute approximate surface area is 187 Å². The molecule has 6 heteroatoms. The molecule has 0 bridgehead atoms. The predicted molar refractivity (Wildman–Crippen MR) is 128 cm³/mol. The number of amides is 2. The number of hydrogen-bond acceptors (Lipinski definition) is 3. The first kappa shape index (κ1) is 21.3. The average Bonchev–Trinajstić information content (AvgIpc) is 2.78. The summed E-state index contributed by atoms with van der Waals surface area (Å²) in [6.45, 7) is 5.83. The Balaban J connectivity index is 1.79. The molecule has 0 aliphatic heterocycles. The summed E-state index contributed by atoms with van der Waals surface area (Å²) >= 11 is 0. The molecule has 4 aromatic rings. The molecule has 1 atom stereocenters. The van der Waals surface area contributed by atoms with Gasteiger partial charge in [0, 0.05) is 12.7 Å². The molecule has 0 radical (unpaired) electrons. The van der Waals surface area contributed by atoms with Crippen LogP contribution in [0.25, 0.3) is 16.6 Å². The van der Waals surface area contributed by atoms with Gasteiger partial charge in [0.25, 0.3) is 5.56 Å². The van der Waals surface area contributed by atoms with Crippen LogP contribution in [-0.2, 0) is 0 Å². The predicted octanol–water partition coefficient (Wildman–Crippen LogP) is 5.23. The van der Waals surface area contributed by atoms with E-state index >= 15 is 0 Å². The molecule has 0 saturated carbocycles. The lowest BCUT2D eigenvalue weighted by atomic mass is 10.1. The van der Waals surface area contributed by atoms with Crippen molar-refractivity contribution in [1.29, 1.82) is 0 Å². The van der Waals surface area contributed by atoms with Gasteiger partial charge in [0.05, 0.1) is 22.6 Å². The van der Waals surface area contributed by atoms with Crippen LogP contribution < -0.4 is 10.9 Å². The lowest BCUT2D eigenvalue weighted by molar-refractivity contribution is 0.205. The molecule has 1 aromatic heterocycles. The highest BCUT2D eigenvalue weighted by atomic mass is 16.2. The van der Waals surface area contributed by atoms with Crippen molar-refractivity contribution in [2.45, 2.75) is 26.8 Å². The van der Waals surface area contributed by atoms with Crippen LogP contribution in [0.4, 0.5) is 10.5 Å². The van der Waals surface area contributed by atoms with Gasteiger partial charge in [-0.2, -0.15) is 0 Å². The van der Waals surface area contributed by atoms with Crippen molar-refractivity contribution in [3.63, 3.8) is 0 Å². The van der Waals surface area contributed by atoms with Crippen LogP contribution in [0.2, 0.25) is 0 Å². The zero-order valence-corrected chi connectivity index (χ0v) is 18.7. The third-order valence-corrected chi connectivity index (χ3v) is 5.61. The van der Waals surface area contributed by atoms with E-state index in [9.17, 15) is 9.59 Å². The molecule has 1 unspecified atom stereocenters. The molecule has 6 nitrogen and oxygen atoms in total. The van der Waals surface area contributed by atoms with Crippen LogP contribution in [0.15, 0.2) is 77.6 Å². The van der Waals surface area contributed by atoms with Crippen molar-refractivity contribution in [2.75, 3.05) is 12.4 Å². The number of aryl methyl sites for hydroxylation is 2. The molecule has 3 aromatic carbocycles. The van der Waals surface area contributed by atoms with E-state index < -0.39 is 6.04 Å². The quantitative estimate of drug-likeness (QED) is 0.486. The fourth-order valence-electron chi connectivity index (χ4n) is 3.73. The molecule has 32 heavy (non-hydrogen) atoms. The van der Waals surface area contributed by atoms with Crippen LogP contribution in [0.1, 0.15) is 29.9 Å². The number of aromatic nitrogens is 2. The largest absolute Gasteiger partial charge is 0.322 e. The van der Waals surface area contributed by atoms with Gasteiger partial charge in [-0.25, -0.2) is 9.78 Å². The van der Waals surface area contributed by atoms with Crippen molar-refractivity contribution in [3.8, 4) is 5.69 Å². The van der Waals surface area contributed by atoms with Gasteiger partial charge >= 0.3 is 6.03 Å².